The van der Waals surface area contributed by atoms with E-state index in [4.69, 9.17) is 9.47 Å². The molecule has 2 atom stereocenters. The van der Waals surface area contributed by atoms with Crippen LogP contribution in [-0.2, 0) is 22.8 Å². The molecule has 4 rings (SSSR count). The first kappa shape index (κ1) is 21.2. The number of nitrogens with zero attached hydrogens (tertiary/aromatic N) is 1. The first-order chi connectivity index (χ1) is 14.5. The zero-order valence-electron chi connectivity index (χ0n) is 17.6. The van der Waals surface area contributed by atoms with Crippen LogP contribution >= 0.6 is 0 Å². The minimum Gasteiger partial charge on any atom is -0.493 e. The second-order valence-electron chi connectivity index (χ2n) is 8.05. The van der Waals surface area contributed by atoms with Gasteiger partial charge in [-0.15, -0.1) is 0 Å². The zero-order chi connectivity index (χ0) is 21.1. The Morgan fingerprint density at radius 2 is 1.77 bits per heavy atom. The predicted octanol–water partition coefficient (Wildman–Crippen LogP) is 2.86. The van der Waals surface area contributed by atoms with E-state index in [-0.39, 0.29) is 5.92 Å². The Labute approximate surface area is 179 Å². The van der Waals surface area contributed by atoms with Crippen molar-refractivity contribution in [1.29, 1.82) is 0 Å². The van der Waals surface area contributed by atoms with E-state index in [1.54, 1.807) is 38.5 Å². The molecule has 2 heterocycles. The average molecular weight is 431 g/mol. The van der Waals surface area contributed by atoms with E-state index in [0.29, 0.717) is 23.7 Å². The van der Waals surface area contributed by atoms with E-state index in [1.807, 2.05) is 18.2 Å². The first-order valence-electron chi connectivity index (χ1n) is 10.5. The minimum atomic E-state index is -3.50. The molecule has 0 radical (unpaired) electrons. The van der Waals surface area contributed by atoms with Crippen molar-refractivity contribution in [2.75, 3.05) is 33.9 Å². The van der Waals surface area contributed by atoms with Crippen molar-refractivity contribution in [2.45, 2.75) is 36.1 Å². The Morgan fingerprint density at radius 3 is 2.40 bits per heavy atom. The van der Waals surface area contributed by atoms with Crippen LogP contribution in [0.2, 0.25) is 0 Å². The summed E-state index contributed by atoms with van der Waals surface area (Å²) in [4.78, 5) is 2.55. The molecule has 0 spiro atoms. The van der Waals surface area contributed by atoms with Crippen LogP contribution in [0.15, 0.2) is 47.4 Å². The Bertz CT molecular complexity index is 972. The van der Waals surface area contributed by atoms with Crippen LogP contribution in [0, 0.1) is 5.92 Å². The second-order valence-corrected chi connectivity index (χ2v) is 10.1. The number of rotatable bonds is 6. The van der Waals surface area contributed by atoms with Crippen LogP contribution in [0.1, 0.15) is 24.0 Å². The average Bonchev–Trinajstić information content (AvgIpc) is 2.79. The summed E-state index contributed by atoms with van der Waals surface area (Å²) in [6, 6.07) is 12.9. The predicted molar refractivity (Wildman–Crippen MR) is 117 cm³/mol. The topological polar surface area (TPSA) is 67.9 Å². The van der Waals surface area contributed by atoms with Crippen molar-refractivity contribution in [3.63, 3.8) is 0 Å². The molecule has 0 amide bonds. The van der Waals surface area contributed by atoms with Gasteiger partial charge in [-0.05, 0) is 61.2 Å². The lowest BCUT2D eigenvalue weighted by Gasteiger charge is -2.40. The number of nitrogens with one attached hydrogen (secondary N) is 1. The lowest BCUT2D eigenvalue weighted by molar-refractivity contribution is 0.161. The van der Waals surface area contributed by atoms with Crippen LogP contribution in [0.25, 0.3) is 0 Å². The van der Waals surface area contributed by atoms with Crippen LogP contribution in [0.4, 0.5) is 0 Å². The van der Waals surface area contributed by atoms with Crippen molar-refractivity contribution >= 4 is 9.84 Å². The van der Waals surface area contributed by atoms with Gasteiger partial charge in [-0.1, -0.05) is 18.2 Å². The summed E-state index contributed by atoms with van der Waals surface area (Å²) in [6.45, 7) is 2.97. The van der Waals surface area contributed by atoms with Crippen LogP contribution < -0.4 is 14.8 Å². The van der Waals surface area contributed by atoms with E-state index >= 15 is 0 Å². The summed E-state index contributed by atoms with van der Waals surface area (Å²) in [7, 11) is -0.238. The summed E-state index contributed by atoms with van der Waals surface area (Å²) in [5, 5.41) is 2.86. The quantitative estimate of drug-likeness (QED) is 0.760. The maximum atomic E-state index is 13.8. The third-order valence-electron chi connectivity index (χ3n) is 6.24. The van der Waals surface area contributed by atoms with Crippen molar-refractivity contribution in [1.82, 2.24) is 10.2 Å². The fourth-order valence-electron chi connectivity index (χ4n) is 4.74. The molecule has 0 bridgehead atoms. The van der Waals surface area contributed by atoms with Gasteiger partial charge in [-0.3, -0.25) is 4.90 Å². The molecule has 1 saturated heterocycles. The lowest BCUT2D eigenvalue weighted by Crippen LogP contribution is -2.52. The van der Waals surface area contributed by atoms with Crippen molar-refractivity contribution in [3.8, 4) is 11.5 Å². The molecular formula is C23H30N2O4S. The maximum Gasteiger partial charge on any atom is 0.194 e. The Balaban J connectivity index is 1.70. The first-order valence-corrected chi connectivity index (χ1v) is 12.1. The molecule has 1 fully saturated rings. The monoisotopic (exact) mass is 430 g/mol. The van der Waals surface area contributed by atoms with E-state index in [1.165, 1.54) is 5.56 Å². The largest absolute Gasteiger partial charge is 0.493 e. The van der Waals surface area contributed by atoms with E-state index < -0.39 is 15.2 Å². The summed E-state index contributed by atoms with van der Waals surface area (Å²) >= 11 is 0. The van der Waals surface area contributed by atoms with Gasteiger partial charge in [0.25, 0.3) is 0 Å². The molecule has 6 nitrogen and oxygen atoms in total. The number of ether oxygens (including phenoxy) is 2. The van der Waals surface area contributed by atoms with Gasteiger partial charge < -0.3 is 14.8 Å². The molecule has 0 aliphatic carbocycles. The zero-order valence-corrected chi connectivity index (χ0v) is 18.5. The lowest BCUT2D eigenvalue weighted by atomic mass is 9.95. The van der Waals surface area contributed by atoms with E-state index in [0.717, 1.165) is 43.7 Å². The summed E-state index contributed by atoms with van der Waals surface area (Å²) in [5.41, 5.74) is 2.30. The van der Waals surface area contributed by atoms with Crippen LogP contribution in [-0.4, -0.2) is 52.5 Å². The molecule has 2 aromatic rings. The molecular weight excluding hydrogens is 400 g/mol. The molecule has 0 aromatic heterocycles. The molecule has 162 valence electrons. The number of piperidine rings is 1. The summed E-state index contributed by atoms with van der Waals surface area (Å²) < 4.78 is 38.4. The van der Waals surface area contributed by atoms with Crippen LogP contribution in [0.3, 0.4) is 0 Å². The molecule has 2 unspecified atom stereocenters. The van der Waals surface area contributed by atoms with Crippen molar-refractivity contribution in [3.05, 3.63) is 53.6 Å². The highest BCUT2D eigenvalue weighted by atomic mass is 32.2. The van der Waals surface area contributed by atoms with Gasteiger partial charge in [0, 0.05) is 25.6 Å². The summed E-state index contributed by atoms with van der Waals surface area (Å²) in [6.07, 6.45) is 2.70. The highest BCUT2D eigenvalue weighted by Gasteiger charge is 2.40. The number of methoxy groups -OCH3 is 2. The van der Waals surface area contributed by atoms with Gasteiger partial charge >= 0.3 is 0 Å². The molecule has 1 N–H and O–H groups in total. The van der Waals surface area contributed by atoms with Gasteiger partial charge in [-0.25, -0.2) is 8.42 Å². The number of benzene rings is 2. The maximum absolute atomic E-state index is 13.8. The van der Waals surface area contributed by atoms with Gasteiger partial charge in [0.15, 0.2) is 21.3 Å². The van der Waals surface area contributed by atoms with E-state index in [2.05, 4.69) is 10.2 Å². The van der Waals surface area contributed by atoms with E-state index in [9.17, 15) is 8.42 Å². The number of hydrogen-bond acceptors (Lipinski definition) is 6. The molecule has 30 heavy (non-hydrogen) atoms. The highest BCUT2D eigenvalue weighted by Crippen LogP contribution is 2.36. The molecule has 2 aliphatic heterocycles. The third kappa shape index (κ3) is 4.06. The molecule has 2 aromatic carbocycles. The molecule has 7 heteroatoms. The molecule has 0 saturated carbocycles. The van der Waals surface area contributed by atoms with Gasteiger partial charge in [0.1, 0.15) is 5.37 Å². The Morgan fingerprint density at radius 1 is 1.07 bits per heavy atom. The highest BCUT2D eigenvalue weighted by molar-refractivity contribution is 7.92. The summed E-state index contributed by atoms with van der Waals surface area (Å²) in [5.74, 6) is 1.46. The SMILES string of the molecule is COc1cc2c(cc1OC)CN(C(C1CCCNC1)S(=O)(=O)c1ccccc1)CC2. The van der Waals surface area contributed by atoms with Crippen molar-refractivity contribution < 1.29 is 17.9 Å². The number of fused-ring (bicyclic) bond motifs is 1. The normalized spacial score (nSPS) is 20.9. The Hall–Kier alpha value is -2.09. The molecule has 2 aliphatic rings. The van der Waals surface area contributed by atoms with Gasteiger partial charge in [-0.2, -0.15) is 0 Å². The standard InChI is InChI=1S/C23H30N2O4S/c1-28-21-13-17-10-12-25(16-19(17)14-22(21)29-2)23(18-7-6-11-24-15-18)30(26,27)20-8-4-3-5-9-20/h3-5,8-9,13-14,18,23-24H,6-7,10-12,15-16H2,1-2H3. The Kier molecular flexibility index (Phi) is 6.32. The number of hydrogen-bond donors (Lipinski definition) is 1. The fraction of sp³-hybridized carbons (Fsp3) is 0.478. The van der Waals surface area contributed by atoms with Crippen molar-refractivity contribution in [2.24, 2.45) is 5.92 Å². The van der Waals surface area contributed by atoms with Gasteiger partial charge in [0.05, 0.1) is 19.1 Å². The van der Waals surface area contributed by atoms with Crippen LogP contribution in [0.5, 0.6) is 11.5 Å². The smallest absolute Gasteiger partial charge is 0.194 e. The fourth-order valence-corrected chi connectivity index (χ4v) is 6.87. The second kappa shape index (κ2) is 8.96. The number of sulfone groups is 1. The minimum absolute atomic E-state index is 0.0608. The van der Waals surface area contributed by atoms with Gasteiger partial charge in [0.2, 0.25) is 0 Å². The third-order valence-corrected chi connectivity index (χ3v) is 8.48.